The molecule has 1 saturated heterocycles. The average Bonchev–Trinajstić information content (AvgIpc) is 3.76. The average molecular weight is 756 g/mol. The van der Waals surface area contributed by atoms with E-state index < -0.39 is 8.32 Å². The van der Waals surface area contributed by atoms with Crippen molar-refractivity contribution in [3.8, 4) is 5.75 Å². The van der Waals surface area contributed by atoms with E-state index in [1.165, 1.54) is 0 Å². The molecule has 3 aromatic carbocycles. The minimum Gasteiger partial charge on any atom is -0.494 e. The Balaban J connectivity index is 1.10. The predicted molar refractivity (Wildman–Crippen MR) is 213 cm³/mol. The van der Waals surface area contributed by atoms with E-state index in [-0.39, 0.29) is 54.7 Å². The summed E-state index contributed by atoms with van der Waals surface area (Å²) < 4.78 is 14.4. The van der Waals surface area contributed by atoms with Crippen LogP contribution in [-0.2, 0) is 28.9 Å². The lowest BCUT2D eigenvalue weighted by molar-refractivity contribution is -0.120. The highest BCUT2D eigenvalue weighted by molar-refractivity contribution is 6.71. The number of hydrogen-bond donors (Lipinski definition) is 4. The Kier molecular flexibility index (Phi) is 13.4. The summed E-state index contributed by atoms with van der Waals surface area (Å²) in [6.07, 6.45) is 6.26. The SMILES string of the molecule is CCOc1ccc2c(c1)CC(NCCCCO)C(=O)N2c1ccc(CC[C@H]2O[C@@H](CCn3cc(C(CO)c4ccccc4)nn3)[C@H]([Si](C)(C)O)[C@H]2C)cc1. The minimum atomic E-state index is -2.56. The number of unbranched alkanes of at least 4 members (excludes halogenated alkanes) is 1. The van der Waals surface area contributed by atoms with Crippen molar-refractivity contribution >= 4 is 25.6 Å². The summed E-state index contributed by atoms with van der Waals surface area (Å²) in [5, 5.41) is 31.5. The molecule has 0 spiro atoms. The molecule has 0 bridgehead atoms. The lowest BCUT2D eigenvalue weighted by atomic mass is 9.94. The summed E-state index contributed by atoms with van der Waals surface area (Å²) >= 11 is 0. The van der Waals surface area contributed by atoms with Crippen LogP contribution in [0.2, 0.25) is 18.6 Å². The van der Waals surface area contributed by atoms with Crippen molar-refractivity contribution in [3.05, 3.63) is 101 Å². The Bertz CT molecular complexity index is 1800. The van der Waals surface area contributed by atoms with Crippen LogP contribution in [0.25, 0.3) is 0 Å². The minimum absolute atomic E-state index is 0.00880. The Labute approximate surface area is 320 Å². The second-order valence-electron chi connectivity index (χ2n) is 15.3. The van der Waals surface area contributed by atoms with Gasteiger partial charge in [-0.2, -0.15) is 0 Å². The molecule has 54 heavy (non-hydrogen) atoms. The summed E-state index contributed by atoms with van der Waals surface area (Å²) in [7, 11) is -2.56. The molecule has 2 aliphatic heterocycles. The Morgan fingerprint density at radius 3 is 2.50 bits per heavy atom. The molecule has 6 rings (SSSR count). The maximum absolute atomic E-state index is 13.9. The first-order chi connectivity index (χ1) is 26.1. The first kappa shape index (κ1) is 39.8. The molecule has 12 heteroatoms. The molecule has 0 aliphatic carbocycles. The number of carbonyl (C=O) groups is 1. The van der Waals surface area contributed by atoms with Gasteiger partial charge in [-0.05, 0) is 118 Å². The van der Waals surface area contributed by atoms with Gasteiger partial charge in [-0.1, -0.05) is 54.6 Å². The number of carbonyl (C=O) groups excluding carboxylic acids is 1. The largest absolute Gasteiger partial charge is 0.494 e. The van der Waals surface area contributed by atoms with E-state index in [0.717, 1.165) is 58.8 Å². The number of aryl methyl sites for hydroxylation is 2. The maximum Gasteiger partial charge on any atom is 0.249 e. The van der Waals surface area contributed by atoms with Crippen molar-refractivity contribution in [1.82, 2.24) is 20.3 Å². The molecule has 2 aliphatic rings. The van der Waals surface area contributed by atoms with Crippen LogP contribution in [0.1, 0.15) is 67.8 Å². The van der Waals surface area contributed by atoms with Crippen molar-refractivity contribution in [1.29, 1.82) is 0 Å². The number of hydrogen-bond acceptors (Lipinski definition) is 9. The van der Waals surface area contributed by atoms with E-state index in [1.54, 1.807) is 0 Å². The highest BCUT2D eigenvalue weighted by atomic mass is 28.4. The number of aliphatic hydroxyl groups excluding tert-OH is 2. The summed E-state index contributed by atoms with van der Waals surface area (Å²) in [6.45, 7) is 10.1. The smallest absolute Gasteiger partial charge is 0.249 e. The van der Waals surface area contributed by atoms with Crippen LogP contribution in [0.15, 0.2) is 79.0 Å². The van der Waals surface area contributed by atoms with Crippen molar-refractivity contribution in [2.24, 2.45) is 5.92 Å². The molecule has 3 heterocycles. The number of aliphatic hydroxyl groups is 2. The third-order valence-electron chi connectivity index (χ3n) is 11.1. The van der Waals surface area contributed by atoms with Gasteiger partial charge in [-0.25, -0.2) is 0 Å². The molecule has 1 fully saturated rings. The molecule has 2 unspecified atom stereocenters. The molecule has 4 N–H and O–H groups in total. The number of rotatable bonds is 18. The van der Waals surface area contributed by atoms with Gasteiger partial charge in [-0.3, -0.25) is 14.4 Å². The van der Waals surface area contributed by atoms with Crippen molar-refractivity contribution in [2.45, 2.75) is 102 Å². The highest BCUT2D eigenvalue weighted by Crippen LogP contribution is 2.46. The van der Waals surface area contributed by atoms with Crippen LogP contribution in [0.3, 0.4) is 0 Å². The molecule has 0 saturated carbocycles. The second kappa shape index (κ2) is 18.1. The van der Waals surface area contributed by atoms with Crippen LogP contribution in [0, 0.1) is 5.92 Å². The van der Waals surface area contributed by atoms with Gasteiger partial charge in [0.1, 0.15) is 5.75 Å². The van der Waals surface area contributed by atoms with Crippen molar-refractivity contribution < 1.29 is 29.3 Å². The van der Waals surface area contributed by atoms with Crippen LogP contribution in [0.4, 0.5) is 11.4 Å². The van der Waals surface area contributed by atoms with Crippen LogP contribution in [-0.4, -0.2) is 88.8 Å². The normalized spacial score (nSPS) is 22.0. The van der Waals surface area contributed by atoms with Gasteiger partial charge in [-0.15, -0.1) is 5.10 Å². The Morgan fingerprint density at radius 2 is 1.80 bits per heavy atom. The van der Waals surface area contributed by atoms with Gasteiger partial charge in [0.05, 0.1) is 48.8 Å². The lowest BCUT2D eigenvalue weighted by Crippen LogP contribution is -2.49. The second-order valence-corrected chi connectivity index (χ2v) is 19.3. The summed E-state index contributed by atoms with van der Waals surface area (Å²) in [5.41, 5.74) is 5.73. The number of nitrogens with one attached hydrogen (secondary N) is 1. The van der Waals surface area contributed by atoms with E-state index in [1.807, 2.05) is 96.5 Å². The van der Waals surface area contributed by atoms with Gasteiger partial charge in [0, 0.05) is 30.6 Å². The van der Waals surface area contributed by atoms with E-state index in [4.69, 9.17) is 9.47 Å². The highest BCUT2D eigenvalue weighted by Gasteiger charge is 2.49. The van der Waals surface area contributed by atoms with E-state index in [2.05, 4.69) is 34.7 Å². The van der Waals surface area contributed by atoms with E-state index in [9.17, 15) is 19.8 Å². The maximum atomic E-state index is 13.9. The zero-order valence-corrected chi connectivity index (χ0v) is 33.1. The van der Waals surface area contributed by atoms with Gasteiger partial charge in [0.2, 0.25) is 5.91 Å². The van der Waals surface area contributed by atoms with Crippen molar-refractivity contribution in [2.75, 3.05) is 31.3 Å². The molecule has 290 valence electrons. The molecule has 11 nitrogen and oxygen atoms in total. The standard InChI is InChI=1S/C42H57N5O6Si/c1-5-52-34-18-19-38-32(25-34)26-36(43-22-9-10-24-48)42(50)47(38)33-16-13-30(14-17-33)15-20-39-29(2)41(54(3,4)51)40(53-39)21-23-46-27-37(44-45-46)35(28-49)31-11-7-6-8-12-31/h6-8,11-14,16-19,25,27,29,35-36,39-41,43,48-49,51H,5,9-10,15,20-24,26,28H2,1-4H3/t29-,35?,36?,39+,40-,41+/m0/s1. The zero-order valence-electron chi connectivity index (χ0n) is 32.1. The van der Waals surface area contributed by atoms with Gasteiger partial charge < -0.3 is 29.8 Å². The molecule has 0 radical (unpaired) electrons. The number of ether oxygens (including phenoxy) is 2. The third-order valence-corrected chi connectivity index (χ3v) is 13.6. The Morgan fingerprint density at radius 1 is 1.02 bits per heavy atom. The fraction of sp³-hybridized carbons (Fsp3) is 0.500. The summed E-state index contributed by atoms with van der Waals surface area (Å²) in [6, 6.07) is 23.7. The fourth-order valence-electron chi connectivity index (χ4n) is 8.42. The lowest BCUT2D eigenvalue weighted by Gasteiger charge is -2.35. The first-order valence-electron chi connectivity index (χ1n) is 19.6. The summed E-state index contributed by atoms with van der Waals surface area (Å²) in [5.74, 6) is 0.776. The number of anilines is 2. The molecule has 4 aromatic rings. The number of nitrogens with zero attached hydrogens (tertiary/aromatic N) is 4. The number of amides is 1. The molecule has 6 atom stereocenters. The first-order valence-corrected chi connectivity index (χ1v) is 22.6. The van der Waals surface area contributed by atoms with Crippen LogP contribution in [0.5, 0.6) is 5.75 Å². The van der Waals surface area contributed by atoms with E-state index in [0.29, 0.717) is 39.0 Å². The number of fused-ring (bicyclic) bond motifs is 1. The van der Waals surface area contributed by atoms with Crippen LogP contribution >= 0.6 is 0 Å². The van der Waals surface area contributed by atoms with Crippen molar-refractivity contribution in [3.63, 3.8) is 0 Å². The van der Waals surface area contributed by atoms with E-state index >= 15 is 0 Å². The monoisotopic (exact) mass is 755 g/mol. The van der Waals surface area contributed by atoms with Gasteiger partial charge in [0.25, 0.3) is 0 Å². The van der Waals surface area contributed by atoms with Crippen LogP contribution < -0.4 is 15.0 Å². The van der Waals surface area contributed by atoms with Gasteiger partial charge >= 0.3 is 0 Å². The molecule has 1 aromatic heterocycles. The number of aromatic nitrogens is 3. The van der Waals surface area contributed by atoms with Gasteiger partial charge in [0.15, 0.2) is 8.32 Å². The quantitative estimate of drug-likeness (QED) is 0.0739. The number of benzene rings is 3. The fourth-order valence-corrected chi connectivity index (χ4v) is 11.1. The summed E-state index contributed by atoms with van der Waals surface area (Å²) in [4.78, 5) is 27.1. The third kappa shape index (κ3) is 9.30. The zero-order chi connectivity index (χ0) is 38.2. The molecular weight excluding hydrogens is 699 g/mol. The predicted octanol–water partition coefficient (Wildman–Crippen LogP) is 5.75. The Hall–Kier alpha value is -3.91. The molecule has 1 amide bonds. The molecular formula is C42H57N5O6Si. The topological polar surface area (TPSA) is 142 Å².